The van der Waals surface area contributed by atoms with Gasteiger partial charge in [0.1, 0.15) is 10.0 Å². The largest absolute Gasteiger partial charge is 0.352 e. The van der Waals surface area contributed by atoms with Gasteiger partial charge in [0, 0.05) is 43.4 Å². The lowest BCUT2D eigenvalue weighted by Gasteiger charge is -2.34. The minimum atomic E-state index is -3.42. The Morgan fingerprint density at radius 2 is 1.75 bits per heavy atom. The molecule has 8 nitrogen and oxygen atoms in total. The van der Waals surface area contributed by atoms with Crippen molar-refractivity contribution in [1.82, 2.24) is 24.1 Å². The number of rotatable bonds is 5. The van der Waals surface area contributed by atoms with Gasteiger partial charge in [-0.15, -0.1) is 21.5 Å². The Morgan fingerprint density at radius 1 is 1.04 bits per heavy atom. The molecule has 1 aliphatic rings. The summed E-state index contributed by atoms with van der Waals surface area (Å²) in [5, 5.41) is 8.61. The Morgan fingerprint density at radius 3 is 2.32 bits per heavy atom. The minimum absolute atomic E-state index is 0.428. The second-order valence-electron chi connectivity index (χ2n) is 6.56. The van der Waals surface area contributed by atoms with Crippen molar-refractivity contribution in [3.63, 3.8) is 0 Å². The molecule has 1 aliphatic heterocycles. The van der Waals surface area contributed by atoms with Crippen LogP contribution in [0.1, 0.15) is 17.6 Å². The first-order chi connectivity index (χ1) is 13.5. The van der Waals surface area contributed by atoms with E-state index >= 15 is 0 Å². The van der Waals surface area contributed by atoms with Gasteiger partial charge in [-0.1, -0.05) is 6.92 Å². The fourth-order valence-corrected chi connectivity index (χ4v) is 6.08. The first-order valence-electron chi connectivity index (χ1n) is 9.17. The molecule has 0 radical (unpaired) electrons. The SMILES string of the molecule is CCc1ccc(S(=O)(=O)N2CCN(c3ccc(-n4ccnc4C)nn3)CC2)s1. The van der Waals surface area contributed by atoms with E-state index in [1.54, 1.807) is 16.6 Å². The lowest BCUT2D eigenvalue weighted by molar-refractivity contribution is 0.384. The monoisotopic (exact) mass is 418 g/mol. The number of aryl methyl sites for hydroxylation is 2. The zero-order valence-electron chi connectivity index (χ0n) is 15.8. The van der Waals surface area contributed by atoms with Gasteiger partial charge in [0.25, 0.3) is 10.0 Å². The van der Waals surface area contributed by atoms with E-state index in [4.69, 9.17) is 0 Å². The van der Waals surface area contributed by atoms with Gasteiger partial charge in [0.05, 0.1) is 0 Å². The third-order valence-corrected chi connectivity index (χ3v) is 8.45. The van der Waals surface area contributed by atoms with Crippen molar-refractivity contribution < 1.29 is 8.42 Å². The Bertz CT molecular complexity index is 1050. The Balaban J connectivity index is 1.43. The van der Waals surface area contributed by atoms with Gasteiger partial charge in [0.15, 0.2) is 11.6 Å². The zero-order chi connectivity index (χ0) is 19.7. The van der Waals surface area contributed by atoms with Gasteiger partial charge < -0.3 is 4.90 Å². The molecule has 4 heterocycles. The molecule has 10 heteroatoms. The molecule has 0 spiro atoms. The minimum Gasteiger partial charge on any atom is -0.352 e. The summed E-state index contributed by atoms with van der Waals surface area (Å²) in [6.07, 6.45) is 4.42. The van der Waals surface area contributed by atoms with Crippen molar-refractivity contribution >= 4 is 27.2 Å². The maximum atomic E-state index is 12.8. The van der Waals surface area contributed by atoms with Crippen LogP contribution in [0.5, 0.6) is 0 Å². The third kappa shape index (κ3) is 3.54. The summed E-state index contributed by atoms with van der Waals surface area (Å²) < 4.78 is 29.6. The van der Waals surface area contributed by atoms with Gasteiger partial charge in [-0.05, 0) is 37.6 Å². The molecule has 0 aromatic carbocycles. The van der Waals surface area contributed by atoms with E-state index in [1.807, 2.05) is 42.8 Å². The number of piperazine rings is 1. The predicted octanol–water partition coefficient (Wildman–Crippen LogP) is 2.11. The standard InChI is InChI=1S/C18H22N6O2S2/c1-3-15-4-7-18(27-15)28(25,26)23-12-10-22(11-13-23)16-5-6-17(21-20-16)24-9-8-19-14(24)2/h4-9H,3,10-13H2,1-2H3. The highest BCUT2D eigenvalue weighted by Crippen LogP contribution is 2.26. The molecule has 1 saturated heterocycles. The number of aromatic nitrogens is 4. The van der Waals surface area contributed by atoms with Crippen LogP contribution in [-0.4, -0.2) is 58.7 Å². The summed E-state index contributed by atoms with van der Waals surface area (Å²) in [4.78, 5) is 7.34. The van der Waals surface area contributed by atoms with Gasteiger partial charge in [-0.3, -0.25) is 4.57 Å². The smallest absolute Gasteiger partial charge is 0.252 e. The molecule has 0 saturated carbocycles. The number of nitrogens with zero attached hydrogens (tertiary/aromatic N) is 6. The summed E-state index contributed by atoms with van der Waals surface area (Å²) in [6, 6.07) is 7.43. The van der Waals surface area contributed by atoms with Gasteiger partial charge >= 0.3 is 0 Å². The van der Waals surface area contributed by atoms with Crippen LogP contribution >= 0.6 is 11.3 Å². The van der Waals surface area contributed by atoms with Crippen LogP contribution < -0.4 is 4.90 Å². The molecule has 0 N–H and O–H groups in total. The fraction of sp³-hybridized carbons (Fsp3) is 0.389. The van der Waals surface area contributed by atoms with Crippen LogP contribution in [0, 0.1) is 6.92 Å². The number of hydrogen-bond donors (Lipinski definition) is 0. The van der Waals surface area contributed by atoms with Crippen LogP contribution in [0.15, 0.2) is 40.9 Å². The highest BCUT2D eigenvalue weighted by molar-refractivity contribution is 7.91. The number of thiophene rings is 1. The summed E-state index contributed by atoms with van der Waals surface area (Å²) in [5.41, 5.74) is 0. The van der Waals surface area contributed by atoms with Crippen molar-refractivity contribution in [2.24, 2.45) is 0 Å². The first-order valence-corrected chi connectivity index (χ1v) is 11.4. The van der Waals surface area contributed by atoms with E-state index in [0.29, 0.717) is 36.2 Å². The number of hydrogen-bond acceptors (Lipinski definition) is 7. The second-order valence-corrected chi connectivity index (χ2v) is 9.89. The quantitative estimate of drug-likeness (QED) is 0.631. The van der Waals surface area contributed by atoms with Gasteiger partial charge in [-0.2, -0.15) is 4.31 Å². The maximum Gasteiger partial charge on any atom is 0.252 e. The van der Waals surface area contributed by atoms with E-state index in [-0.39, 0.29) is 0 Å². The predicted molar refractivity (Wildman–Crippen MR) is 109 cm³/mol. The molecule has 1 fully saturated rings. The molecular formula is C18H22N6O2S2. The Labute approximate surface area is 168 Å². The van der Waals surface area contributed by atoms with Crippen LogP contribution in [0.2, 0.25) is 0 Å². The highest BCUT2D eigenvalue weighted by Gasteiger charge is 2.30. The van der Waals surface area contributed by atoms with Crippen molar-refractivity contribution in [2.75, 3.05) is 31.1 Å². The molecule has 0 amide bonds. The van der Waals surface area contributed by atoms with E-state index in [9.17, 15) is 8.42 Å². The van der Waals surface area contributed by atoms with Crippen molar-refractivity contribution in [3.8, 4) is 5.82 Å². The molecule has 4 rings (SSSR count). The lowest BCUT2D eigenvalue weighted by Crippen LogP contribution is -2.48. The first kappa shape index (κ1) is 19.0. The van der Waals surface area contributed by atoms with E-state index in [0.717, 1.165) is 22.9 Å². The van der Waals surface area contributed by atoms with E-state index in [1.165, 1.54) is 11.3 Å². The third-order valence-electron chi connectivity index (χ3n) is 4.85. The van der Waals surface area contributed by atoms with Crippen molar-refractivity contribution in [2.45, 2.75) is 24.5 Å². The average Bonchev–Trinajstić information content (AvgIpc) is 3.37. The Hall–Kier alpha value is -2.30. The number of sulfonamides is 1. The maximum absolute atomic E-state index is 12.8. The van der Waals surface area contributed by atoms with Gasteiger partial charge in [-0.25, -0.2) is 13.4 Å². The lowest BCUT2D eigenvalue weighted by atomic mass is 10.3. The van der Waals surface area contributed by atoms with Crippen molar-refractivity contribution in [1.29, 1.82) is 0 Å². The van der Waals surface area contributed by atoms with Crippen LogP contribution in [0.25, 0.3) is 5.82 Å². The average molecular weight is 419 g/mol. The topological polar surface area (TPSA) is 84.2 Å². The summed E-state index contributed by atoms with van der Waals surface area (Å²) >= 11 is 1.36. The second kappa shape index (κ2) is 7.61. The molecule has 0 bridgehead atoms. The van der Waals surface area contributed by atoms with E-state index < -0.39 is 10.0 Å². The van der Waals surface area contributed by atoms with Crippen LogP contribution in [0.4, 0.5) is 5.82 Å². The fourth-order valence-electron chi connectivity index (χ4n) is 3.21. The van der Waals surface area contributed by atoms with Gasteiger partial charge in [0.2, 0.25) is 0 Å². The van der Waals surface area contributed by atoms with Crippen molar-refractivity contribution in [3.05, 3.63) is 47.4 Å². The molecule has 3 aromatic rings. The zero-order valence-corrected chi connectivity index (χ0v) is 17.4. The molecule has 3 aromatic heterocycles. The summed E-state index contributed by atoms with van der Waals surface area (Å²) in [5.74, 6) is 2.31. The summed E-state index contributed by atoms with van der Waals surface area (Å²) in [6.45, 7) is 5.98. The molecule has 0 unspecified atom stereocenters. The van der Waals surface area contributed by atoms with Crippen LogP contribution in [-0.2, 0) is 16.4 Å². The molecular weight excluding hydrogens is 396 g/mol. The van der Waals surface area contributed by atoms with Crippen LogP contribution in [0.3, 0.4) is 0 Å². The number of imidazole rings is 1. The summed E-state index contributed by atoms with van der Waals surface area (Å²) in [7, 11) is -3.42. The molecule has 148 valence electrons. The Kier molecular flexibility index (Phi) is 5.17. The molecule has 0 aliphatic carbocycles. The molecule has 0 atom stereocenters. The number of anilines is 1. The molecule has 28 heavy (non-hydrogen) atoms. The van der Waals surface area contributed by atoms with E-state index in [2.05, 4.69) is 20.1 Å². The normalized spacial score (nSPS) is 15.9. The highest BCUT2D eigenvalue weighted by atomic mass is 32.2.